The van der Waals surface area contributed by atoms with Crippen molar-refractivity contribution in [3.05, 3.63) is 0 Å². The average molecular weight is 201 g/mol. The molecule has 1 fully saturated rings. The van der Waals surface area contributed by atoms with Crippen molar-refractivity contribution in [2.24, 2.45) is 0 Å². The lowest BCUT2D eigenvalue weighted by atomic mass is 10.1. The molecule has 0 aromatic carbocycles. The Morgan fingerprint density at radius 1 is 1.57 bits per heavy atom. The largest absolute Gasteiger partial charge is 0.468 e. The van der Waals surface area contributed by atoms with Crippen molar-refractivity contribution in [1.82, 2.24) is 5.32 Å². The van der Waals surface area contributed by atoms with E-state index in [1.165, 1.54) is 7.11 Å². The molecule has 1 aliphatic rings. The van der Waals surface area contributed by atoms with Gasteiger partial charge >= 0.3 is 5.97 Å². The van der Waals surface area contributed by atoms with E-state index in [-0.39, 0.29) is 12.0 Å². The van der Waals surface area contributed by atoms with Gasteiger partial charge in [0.25, 0.3) is 0 Å². The van der Waals surface area contributed by atoms with E-state index >= 15 is 0 Å². The molecule has 14 heavy (non-hydrogen) atoms. The van der Waals surface area contributed by atoms with Crippen LogP contribution in [-0.2, 0) is 14.3 Å². The average Bonchev–Trinajstić information content (AvgIpc) is 2.26. The number of carbonyl (C=O) groups is 1. The van der Waals surface area contributed by atoms with Crippen LogP contribution in [0.2, 0.25) is 0 Å². The lowest BCUT2D eigenvalue weighted by molar-refractivity contribution is -0.143. The molecule has 1 rings (SSSR count). The molecule has 1 atom stereocenters. The Labute approximate surface area is 85.0 Å². The first-order chi connectivity index (χ1) is 6.77. The number of carbonyl (C=O) groups excluding carboxylic acids is 1. The zero-order valence-corrected chi connectivity index (χ0v) is 8.91. The maximum atomic E-state index is 11.3. The quantitative estimate of drug-likeness (QED) is 0.680. The number of ether oxygens (including phenoxy) is 2. The summed E-state index contributed by atoms with van der Waals surface area (Å²) in [4.78, 5) is 11.3. The summed E-state index contributed by atoms with van der Waals surface area (Å²) in [5.41, 5.74) is 0. The van der Waals surface area contributed by atoms with Crippen molar-refractivity contribution in [2.75, 3.05) is 20.3 Å². The maximum Gasteiger partial charge on any atom is 0.322 e. The van der Waals surface area contributed by atoms with Crippen LogP contribution >= 0.6 is 0 Å². The molecule has 1 aliphatic heterocycles. The first-order valence-corrected chi connectivity index (χ1v) is 5.19. The summed E-state index contributed by atoms with van der Waals surface area (Å²) in [6, 6.07) is 0.232. The van der Waals surface area contributed by atoms with Crippen molar-refractivity contribution < 1.29 is 14.3 Å². The number of esters is 1. The SMILES string of the molecule is CCC(NC1CCOCC1)C(=O)OC. The minimum absolute atomic E-state index is 0.164. The van der Waals surface area contributed by atoms with E-state index < -0.39 is 0 Å². The van der Waals surface area contributed by atoms with Gasteiger partial charge in [-0.05, 0) is 19.3 Å². The molecular weight excluding hydrogens is 182 g/mol. The molecule has 1 unspecified atom stereocenters. The normalized spacial score (nSPS) is 20.4. The van der Waals surface area contributed by atoms with Crippen molar-refractivity contribution in [2.45, 2.75) is 38.3 Å². The summed E-state index contributed by atoms with van der Waals surface area (Å²) in [6.07, 6.45) is 2.73. The molecule has 1 N–H and O–H groups in total. The number of rotatable bonds is 4. The van der Waals surface area contributed by atoms with E-state index in [1.807, 2.05) is 6.92 Å². The second kappa shape index (κ2) is 5.98. The highest BCUT2D eigenvalue weighted by Crippen LogP contribution is 2.08. The van der Waals surface area contributed by atoms with Gasteiger partial charge in [-0.2, -0.15) is 0 Å². The van der Waals surface area contributed by atoms with Crippen LogP contribution in [0.25, 0.3) is 0 Å². The molecule has 0 aliphatic carbocycles. The highest BCUT2D eigenvalue weighted by atomic mass is 16.5. The van der Waals surface area contributed by atoms with Gasteiger partial charge in [-0.25, -0.2) is 0 Å². The zero-order chi connectivity index (χ0) is 10.4. The number of hydrogen-bond donors (Lipinski definition) is 1. The van der Waals surface area contributed by atoms with Gasteiger partial charge < -0.3 is 14.8 Å². The van der Waals surface area contributed by atoms with Crippen LogP contribution in [0.5, 0.6) is 0 Å². The third-order valence-corrected chi connectivity index (χ3v) is 2.55. The minimum atomic E-state index is -0.168. The van der Waals surface area contributed by atoms with Crippen LogP contribution in [0.3, 0.4) is 0 Å². The molecular formula is C10H19NO3. The Balaban J connectivity index is 2.34. The lowest BCUT2D eigenvalue weighted by Crippen LogP contribution is -2.45. The molecule has 0 amide bonds. The summed E-state index contributed by atoms with van der Waals surface area (Å²) in [5.74, 6) is -0.168. The summed E-state index contributed by atoms with van der Waals surface area (Å²) in [6.45, 7) is 3.55. The predicted octanol–water partition coefficient (Wildman–Crippen LogP) is 0.707. The summed E-state index contributed by atoms with van der Waals surface area (Å²) >= 11 is 0. The Morgan fingerprint density at radius 2 is 2.21 bits per heavy atom. The maximum absolute atomic E-state index is 11.3. The molecule has 82 valence electrons. The molecule has 4 nitrogen and oxygen atoms in total. The summed E-state index contributed by atoms with van der Waals surface area (Å²) in [7, 11) is 1.43. The third kappa shape index (κ3) is 3.27. The van der Waals surface area contributed by atoms with Crippen LogP contribution < -0.4 is 5.32 Å². The van der Waals surface area contributed by atoms with Gasteiger partial charge in [-0.15, -0.1) is 0 Å². The van der Waals surface area contributed by atoms with Crippen LogP contribution in [-0.4, -0.2) is 38.4 Å². The molecule has 0 spiro atoms. The van der Waals surface area contributed by atoms with Gasteiger partial charge in [0.1, 0.15) is 6.04 Å². The predicted molar refractivity (Wildman–Crippen MR) is 53.1 cm³/mol. The molecule has 1 heterocycles. The Kier molecular flexibility index (Phi) is 4.90. The van der Waals surface area contributed by atoms with Crippen LogP contribution in [0.15, 0.2) is 0 Å². The van der Waals surface area contributed by atoms with Gasteiger partial charge in [0.2, 0.25) is 0 Å². The molecule has 0 saturated carbocycles. The van der Waals surface area contributed by atoms with Crippen molar-refractivity contribution >= 4 is 5.97 Å². The standard InChI is InChI=1S/C10H19NO3/c1-3-9(10(12)13-2)11-8-4-6-14-7-5-8/h8-9,11H,3-7H2,1-2H3. The lowest BCUT2D eigenvalue weighted by Gasteiger charge is -2.26. The fourth-order valence-electron chi connectivity index (χ4n) is 1.64. The Bertz CT molecular complexity index is 178. The first-order valence-electron chi connectivity index (χ1n) is 5.19. The van der Waals surface area contributed by atoms with Gasteiger partial charge in [-0.1, -0.05) is 6.92 Å². The molecule has 0 bridgehead atoms. The third-order valence-electron chi connectivity index (χ3n) is 2.55. The van der Waals surface area contributed by atoms with E-state index in [4.69, 9.17) is 9.47 Å². The van der Waals surface area contributed by atoms with Crippen LogP contribution in [0.4, 0.5) is 0 Å². The highest BCUT2D eigenvalue weighted by Gasteiger charge is 2.22. The van der Waals surface area contributed by atoms with Gasteiger partial charge in [0, 0.05) is 19.3 Å². The van der Waals surface area contributed by atoms with E-state index in [9.17, 15) is 4.79 Å². The van der Waals surface area contributed by atoms with E-state index in [1.54, 1.807) is 0 Å². The second-order valence-electron chi connectivity index (χ2n) is 3.54. The number of methoxy groups -OCH3 is 1. The van der Waals surface area contributed by atoms with E-state index in [2.05, 4.69) is 5.32 Å². The molecule has 0 aromatic rings. The number of nitrogens with one attached hydrogen (secondary N) is 1. The first kappa shape index (κ1) is 11.5. The van der Waals surface area contributed by atoms with E-state index in [0.29, 0.717) is 6.04 Å². The molecule has 4 heteroatoms. The van der Waals surface area contributed by atoms with Crippen LogP contribution in [0.1, 0.15) is 26.2 Å². The van der Waals surface area contributed by atoms with Gasteiger partial charge in [-0.3, -0.25) is 4.79 Å². The van der Waals surface area contributed by atoms with Gasteiger partial charge in [0.15, 0.2) is 0 Å². The molecule has 0 radical (unpaired) electrons. The summed E-state index contributed by atoms with van der Waals surface area (Å²) < 4.78 is 9.96. The van der Waals surface area contributed by atoms with Gasteiger partial charge in [0.05, 0.1) is 7.11 Å². The zero-order valence-electron chi connectivity index (χ0n) is 8.91. The monoisotopic (exact) mass is 201 g/mol. The number of hydrogen-bond acceptors (Lipinski definition) is 4. The molecule has 0 aromatic heterocycles. The Hall–Kier alpha value is -0.610. The van der Waals surface area contributed by atoms with Crippen molar-refractivity contribution in [1.29, 1.82) is 0 Å². The smallest absolute Gasteiger partial charge is 0.322 e. The second-order valence-corrected chi connectivity index (χ2v) is 3.54. The fourth-order valence-corrected chi connectivity index (χ4v) is 1.64. The highest BCUT2D eigenvalue weighted by molar-refractivity contribution is 5.75. The topological polar surface area (TPSA) is 47.6 Å². The minimum Gasteiger partial charge on any atom is -0.468 e. The van der Waals surface area contributed by atoms with E-state index in [0.717, 1.165) is 32.5 Å². The van der Waals surface area contributed by atoms with Crippen molar-refractivity contribution in [3.63, 3.8) is 0 Å². The van der Waals surface area contributed by atoms with Crippen molar-refractivity contribution in [3.8, 4) is 0 Å². The Morgan fingerprint density at radius 3 is 2.71 bits per heavy atom. The fraction of sp³-hybridized carbons (Fsp3) is 0.900. The van der Waals surface area contributed by atoms with Crippen LogP contribution in [0, 0.1) is 0 Å². The summed E-state index contributed by atoms with van der Waals surface area (Å²) in [5, 5.41) is 3.30. The molecule has 1 saturated heterocycles.